The number of oxazole rings is 1. The number of aryl methyl sites for hydroxylation is 1. The monoisotopic (exact) mass is 230 g/mol. The van der Waals surface area contributed by atoms with Crippen molar-refractivity contribution in [2.45, 2.75) is 13.8 Å². The molecule has 0 aliphatic heterocycles. The van der Waals surface area contributed by atoms with E-state index in [2.05, 4.69) is 10.3 Å². The van der Waals surface area contributed by atoms with Crippen LogP contribution in [0.25, 0.3) is 11.3 Å². The van der Waals surface area contributed by atoms with Gasteiger partial charge in [-0.1, -0.05) is 23.8 Å². The Balaban J connectivity index is 2.40. The van der Waals surface area contributed by atoms with E-state index < -0.39 is 0 Å². The van der Waals surface area contributed by atoms with Crippen molar-refractivity contribution in [2.24, 2.45) is 0 Å². The van der Waals surface area contributed by atoms with Gasteiger partial charge < -0.3 is 9.73 Å². The van der Waals surface area contributed by atoms with E-state index in [-0.39, 0.29) is 5.91 Å². The van der Waals surface area contributed by atoms with E-state index >= 15 is 0 Å². The second kappa shape index (κ2) is 4.82. The first-order chi connectivity index (χ1) is 8.22. The van der Waals surface area contributed by atoms with Crippen LogP contribution >= 0.6 is 0 Å². The zero-order valence-electron chi connectivity index (χ0n) is 9.86. The summed E-state index contributed by atoms with van der Waals surface area (Å²) in [5.74, 6) is 0.303. The molecule has 2 aromatic rings. The second-order valence-electron chi connectivity index (χ2n) is 3.76. The number of amides is 1. The molecule has 0 unspecified atom stereocenters. The summed E-state index contributed by atoms with van der Waals surface area (Å²) in [5.41, 5.74) is 2.31. The topological polar surface area (TPSA) is 55.1 Å². The van der Waals surface area contributed by atoms with Crippen molar-refractivity contribution in [1.29, 1.82) is 0 Å². The Labute approximate surface area is 99.7 Å². The average molecular weight is 230 g/mol. The van der Waals surface area contributed by atoms with E-state index in [1.807, 2.05) is 38.1 Å². The molecule has 0 aliphatic carbocycles. The molecule has 1 aromatic heterocycles. The maximum atomic E-state index is 11.8. The van der Waals surface area contributed by atoms with Crippen LogP contribution in [0.2, 0.25) is 0 Å². The molecule has 0 radical (unpaired) electrons. The number of benzene rings is 1. The molecule has 0 aliphatic rings. The van der Waals surface area contributed by atoms with Crippen LogP contribution in [-0.2, 0) is 0 Å². The molecule has 1 aromatic carbocycles. The summed E-state index contributed by atoms with van der Waals surface area (Å²) in [6, 6.07) is 7.78. The molecule has 4 heteroatoms. The van der Waals surface area contributed by atoms with E-state index in [1.165, 1.54) is 6.39 Å². The van der Waals surface area contributed by atoms with Gasteiger partial charge in [-0.3, -0.25) is 4.79 Å². The Morgan fingerprint density at radius 2 is 2.29 bits per heavy atom. The molecular weight excluding hydrogens is 216 g/mol. The van der Waals surface area contributed by atoms with Crippen molar-refractivity contribution >= 4 is 5.91 Å². The van der Waals surface area contributed by atoms with E-state index in [4.69, 9.17) is 4.42 Å². The van der Waals surface area contributed by atoms with Crippen LogP contribution in [0.15, 0.2) is 35.1 Å². The fraction of sp³-hybridized carbons (Fsp3) is 0.231. The van der Waals surface area contributed by atoms with Gasteiger partial charge in [0.2, 0.25) is 0 Å². The highest BCUT2D eigenvalue weighted by Crippen LogP contribution is 2.23. The molecule has 2 rings (SSSR count). The Morgan fingerprint density at radius 3 is 3.00 bits per heavy atom. The molecule has 0 atom stereocenters. The zero-order valence-corrected chi connectivity index (χ0v) is 9.86. The van der Waals surface area contributed by atoms with Gasteiger partial charge in [0, 0.05) is 12.1 Å². The Morgan fingerprint density at radius 1 is 1.47 bits per heavy atom. The summed E-state index contributed by atoms with van der Waals surface area (Å²) in [5, 5.41) is 2.71. The number of carbonyl (C=O) groups is 1. The molecule has 0 saturated heterocycles. The molecule has 88 valence electrons. The molecule has 0 spiro atoms. The maximum absolute atomic E-state index is 11.8. The number of hydrogen-bond acceptors (Lipinski definition) is 3. The summed E-state index contributed by atoms with van der Waals surface area (Å²) in [6.45, 7) is 4.43. The van der Waals surface area contributed by atoms with E-state index in [9.17, 15) is 4.79 Å². The van der Waals surface area contributed by atoms with E-state index in [0.29, 0.717) is 18.0 Å². The van der Waals surface area contributed by atoms with Crippen LogP contribution in [0.4, 0.5) is 0 Å². The highest BCUT2D eigenvalue weighted by Gasteiger charge is 2.17. The summed E-state index contributed by atoms with van der Waals surface area (Å²) in [4.78, 5) is 15.7. The van der Waals surface area contributed by atoms with Gasteiger partial charge >= 0.3 is 0 Å². The molecular formula is C13H14N2O2. The van der Waals surface area contributed by atoms with Crippen molar-refractivity contribution in [3.05, 3.63) is 41.9 Å². The predicted octanol–water partition coefficient (Wildman–Crippen LogP) is 2.40. The molecule has 4 nitrogen and oxygen atoms in total. The van der Waals surface area contributed by atoms with Gasteiger partial charge in [-0.2, -0.15) is 0 Å². The summed E-state index contributed by atoms with van der Waals surface area (Å²) in [7, 11) is 0. The fourth-order valence-electron chi connectivity index (χ4n) is 1.64. The average Bonchev–Trinajstić information content (AvgIpc) is 2.78. The van der Waals surface area contributed by atoms with Crippen molar-refractivity contribution in [1.82, 2.24) is 10.3 Å². The van der Waals surface area contributed by atoms with Crippen LogP contribution in [0.1, 0.15) is 23.0 Å². The molecule has 0 fully saturated rings. The summed E-state index contributed by atoms with van der Waals surface area (Å²) < 4.78 is 5.30. The lowest BCUT2D eigenvalue weighted by atomic mass is 10.1. The lowest BCUT2D eigenvalue weighted by Crippen LogP contribution is -2.23. The highest BCUT2D eigenvalue weighted by molar-refractivity contribution is 5.97. The minimum absolute atomic E-state index is 0.210. The third-order valence-corrected chi connectivity index (χ3v) is 2.40. The van der Waals surface area contributed by atoms with Crippen molar-refractivity contribution in [2.75, 3.05) is 6.54 Å². The van der Waals surface area contributed by atoms with Crippen LogP contribution < -0.4 is 5.32 Å². The van der Waals surface area contributed by atoms with Gasteiger partial charge in [-0.25, -0.2) is 4.98 Å². The number of rotatable bonds is 3. The van der Waals surface area contributed by atoms with E-state index in [0.717, 1.165) is 11.1 Å². The Hall–Kier alpha value is -2.10. The number of carbonyl (C=O) groups excluding carboxylic acids is 1. The van der Waals surface area contributed by atoms with Crippen molar-refractivity contribution in [3.8, 4) is 11.3 Å². The van der Waals surface area contributed by atoms with Gasteiger partial charge in [-0.15, -0.1) is 0 Å². The van der Waals surface area contributed by atoms with E-state index in [1.54, 1.807) is 0 Å². The molecule has 1 N–H and O–H groups in total. The lowest BCUT2D eigenvalue weighted by molar-refractivity contribution is 0.0951. The van der Waals surface area contributed by atoms with Gasteiger partial charge in [0.1, 0.15) is 0 Å². The molecule has 17 heavy (non-hydrogen) atoms. The van der Waals surface area contributed by atoms with Crippen molar-refractivity contribution in [3.63, 3.8) is 0 Å². The molecule has 0 saturated carbocycles. The standard InChI is InChI=1S/C13H14N2O2/c1-3-14-13(16)11-12(17-8-15-11)10-6-4-5-9(2)7-10/h4-8H,3H2,1-2H3,(H,14,16). The SMILES string of the molecule is CCNC(=O)c1ncoc1-c1cccc(C)c1. The van der Waals surface area contributed by atoms with Gasteiger partial charge in [-0.05, 0) is 19.9 Å². The number of aromatic nitrogens is 1. The third kappa shape index (κ3) is 2.36. The largest absolute Gasteiger partial charge is 0.443 e. The maximum Gasteiger partial charge on any atom is 0.273 e. The number of nitrogens with one attached hydrogen (secondary N) is 1. The van der Waals surface area contributed by atoms with Crippen LogP contribution in [0, 0.1) is 6.92 Å². The zero-order chi connectivity index (χ0) is 12.3. The Bertz CT molecular complexity index is 532. The minimum Gasteiger partial charge on any atom is -0.443 e. The van der Waals surface area contributed by atoms with Gasteiger partial charge in [0.05, 0.1) is 0 Å². The fourth-order valence-corrected chi connectivity index (χ4v) is 1.64. The molecule has 1 heterocycles. The number of hydrogen-bond donors (Lipinski definition) is 1. The summed E-state index contributed by atoms with van der Waals surface area (Å²) >= 11 is 0. The third-order valence-electron chi connectivity index (χ3n) is 2.40. The first-order valence-corrected chi connectivity index (χ1v) is 5.51. The van der Waals surface area contributed by atoms with Gasteiger partial charge in [0.25, 0.3) is 5.91 Å². The van der Waals surface area contributed by atoms with Gasteiger partial charge in [0.15, 0.2) is 17.8 Å². The smallest absolute Gasteiger partial charge is 0.273 e. The van der Waals surface area contributed by atoms with Crippen LogP contribution in [-0.4, -0.2) is 17.4 Å². The summed E-state index contributed by atoms with van der Waals surface area (Å²) in [6.07, 6.45) is 1.29. The first kappa shape index (κ1) is 11.4. The van der Waals surface area contributed by atoms with Crippen molar-refractivity contribution < 1.29 is 9.21 Å². The second-order valence-corrected chi connectivity index (χ2v) is 3.76. The normalized spacial score (nSPS) is 10.2. The quantitative estimate of drug-likeness (QED) is 0.880. The van der Waals surface area contributed by atoms with Crippen LogP contribution in [0.3, 0.4) is 0 Å². The lowest BCUT2D eigenvalue weighted by Gasteiger charge is -2.02. The first-order valence-electron chi connectivity index (χ1n) is 5.51. The number of nitrogens with zero attached hydrogens (tertiary/aromatic N) is 1. The highest BCUT2D eigenvalue weighted by atomic mass is 16.3. The molecule has 0 bridgehead atoms. The predicted molar refractivity (Wildman–Crippen MR) is 64.7 cm³/mol. The minimum atomic E-state index is -0.210. The Kier molecular flexibility index (Phi) is 3.23. The van der Waals surface area contributed by atoms with Crippen LogP contribution in [0.5, 0.6) is 0 Å². The molecule has 1 amide bonds.